The minimum Gasteiger partial charge on any atom is -0.339 e. The summed E-state index contributed by atoms with van der Waals surface area (Å²) in [6, 6.07) is 7.88. The summed E-state index contributed by atoms with van der Waals surface area (Å²) in [7, 11) is 0. The Bertz CT molecular complexity index is 793. The van der Waals surface area contributed by atoms with Gasteiger partial charge >= 0.3 is 0 Å². The maximum Gasteiger partial charge on any atom is 0.244 e. The quantitative estimate of drug-likeness (QED) is 0.838. The van der Waals surface area contributed by atoms with Crippen molar-refractivity contribution in [2.75, 3.05) is 38.0 Å². The van der Waals surface area contributed by atoms with E-state index >= 15 is 0 Å². The van der Waals surface area contributed by atoms with Gasteiger partial charge in [0, 0.05) is 38.1 Å². The molecule has 1 aliphatic rings. The van der Waals surface area contributed by atoms with Gasteiger partial charge in [-0.1, -0.05) is 25.1 Å². The number of nitrogens with zero attached hydrogens (tertiary/aromatic N) is 4. The van der Waals surface area contributed by atoms with E-state index in [1.165, 1.54) is 0 Å². The molecule has 0 aliphatic carbocycles. The molecule has 1 aliphatic heterocycles. The number of piperazine rings is 1. The third-order valence-electron chi connectivity index (χ3n) is 4.82. The Labute approximate surface area is 159 Å². The van der Waals surface area contributed by atoms with Gasteiger partial charge in [0.25, 0.3) is 0 Å². The monoisotopic (exact) mass is 369 g/mol. The van der Waals surface area contributed by atoms with Crippen LogP contribution in [0.4, 0.5) is 5.69 Å². The number of benzene rings is 1. The van der Waals surface area contributed by atoms with Crippen LogP contribution in [0.15, 0.2) is 36.7 Å². The van der Waals surface area contributed by atoms with Crippen LogP contribution in [-0.4, -0.2) is 64.1 Å². The molecule has 1 aromatic heterocycles. The van der Waals surface area contributed by atoms with E-state index in [9.17, 15) is 9.59 Å². The van der Waals surface area contributed by atoms with Gasteiger partial charge in [0.2, 0.25) is 11.8 Å². The Balaban J connectivity index is 1.45. The highest BCUT2D eigenvalue weighted by atomic mass is 16.2. The fourth-order valence-corrected chi connectivity index (χ4v) is 3.29. The molecule has 1 fully saturated rings. The summed E-state index contributed by atoms with van der Waals surface area (Å²) < 4.78 is 1.67. The number of rotatable bonds is 6. The predicted octanol–water partition coefficient (Wildman–Crippen LogP) is 1.54. The van der Waals surface area contributed by atoms with Gasteiger partial charge in [0.05, 0.1) is 12.7 Å². The molecule has 3 rings (SSSR count). The minimum absolute atomic E-state index is 0.0114. The van der Waals surface area contributed by atoms with Crippen molar-refractivity contribution in [3.05, 3.63) is 47.8 Å². The molecule has 2 heterocycles. The first-order chi connectivity index (χ1) is 13.0. The number of hydrogen-bond acceptors (Lipinski definition) is 4. The van der Waals surface area contributed by atoms with E-state index < -0.39 is 0 Å². The molecule has 7 nitrogen and oxygen atoms in total. The van der Waals surface area contributed by atoms with Crippen molar-refractivity contribution < 1.29 is 9.59 Å². The number of carbonyl (C=O) groups is 2. The zero-order valence-corrected chi connectivity index (χ0v) is 16.0. The molecule has 2 amide bonds. The topological polar surface area (TPSA) is 70.5 Å². The van der Waals surface area contributed by atoms with Crippen molar-refractivity contribution in [2.24, 2.45) is 0 Å². The van der Waals surface area contributed by atoms with Crippen molar-refractivity contribution in [1.29, 1.82) is 0 Å². The zero-order valence-electron chi connectivity index (χ0n) is 16.0. The Morgan fingerprint density at radius 1 is 1.11 bits per heavy atom. The van der Waals surface area contributed by atoms with Crippen LogP contribution in [0.3, 0.4) is 0 Å². The largest absolute Gasteiger partial charge is 0.339 e. The van der Waals surface area contributed by atoms with E-state index in [4.69, 9.17) is 0 Å². The molecular formula is C20H27N5O2. The maximum atomic E-state index is 12.4. The molecule has 1 saturated heterocycles. The highest BCUT2D eigenvalue weighted by Gasteiger charge is 2.22. The lowest BCUT2D eigenvalue weighted by Crippen LogP contribution is -2.51. The molecule has 0 unspecified atom stereocenters. The lowest BCUT2D eigenvalue weighted by atomic mass is 10.1. The SMILES string of the molecule is CCc1ccccc1NC(=O)CN1CCN(C(=O)Cn2cc(C)cn2)CC1. The van der Waals surface area contributed by atoms with Crippen LogP contribution in [0.1, 0.15) is 18.1 Å². The fourth-order valence-electron chi connectivity index (χ4n) is 3.29. The number of nitrogens with one attached hydrogen (secondary N) is 1. The summed E-state index contributed by atoms with van der Waals surface area (Å²) in [6.45, 7) is 7.32. The molecule has 7 heteroatoms. The summed E-state index contributed by atoms with van der Waals surface area (Å²) >= 11 is 0. The Morgan fingerprint density at radius 3 is 2.52 bits per heavy atom. The van der Waals surface area contributed by atoms with E-state index in [-0.39, 0.29) is 18.4 Å². The summed E-state index contributed by atoms with van der Waals surface area (Å²) in [5.74, 6) is 0.0572. The molecule has 0 bridgehead atoms. The Hall–Kier alpha value is -2.67. The minimum atomic E-state index is -0.0114. The van der Waals surface area contributed by atoms with Crippen LogP contribution in [0.25, 0.3) is 0 Å². The average molecular weight is 369 g/mol. The highest BCUT2D eigenvalue weighted by Crippen LogP contribution is 2.15. The first-order valence-corrected chi connectivity index (χ1v) is 9.42. The molecule has 0 atom stereocenters. The normalized spacial score (nSPS) is 15.0. The van der Waals surface area contributed by atoms with E-state index in [1.54, 1.807) is 10.9 Å². The Kier molecular flexibility index (Phi) is 6.24. The van der Waals surface area contributed by atoms with E-state index in [1.807, 2.05) is 42.3 Å². The van der Waals surface area contributed by atoms with Crippen LogP contribution in [0.5, 0.6) is 0 Å². The van der Waals surface area contributed by atoms with Crippen molar-refractivity contribution in [3.63, 3.8) is 0 Å². The summed E-state index contributed by atoms with van der Waals surface area (Å²) in [5, 5.41) is 7.17. The first kappa shape index (κ1) is 19.1. The summed E-state index contributed by atoms with van der Waals surface area (Å²) in [4.78, 5) is 28.7. The van der Waals surface area contributed by atoms with Crippen molar-refractivity contribution >= 4 is 17.5 Å². The molecule has 144 valence electrons. The number of aryl methyl sites for hydroxylation is 2. The van der Waals surface area contributed by atoms with Gasteiger partial charge in [-0.15, -0.1) is 0 Å². The number of anilines is 1. The fraction of sp³-hybridized carbons (Fsp3) is 0.450. The van der Waals surface area contributed by atoms with Gasteiger partial charge in [-0.3, -0.25) is 19.2 Å². The predicted molar refractivity (Wildman–Crippen MR) is 104 cm³/mol. The molecular weight excluding hydrogens is 342 g/mol. The number of amides is 2. The highest BCUT2D eigenvalue weighted by molar-refractivity contribution is 5.93. The lowest BCUT2D eigenvalue weighted by molar-refractivity contribution is -0.133. The van der Waals surface area contributed by atoms with Crippen LogP contribution in [-0.2, 0) is 22.6 Å². The zero-order chi connectivity index (χ0) is 19.2. The summed E-state index contributed by atoms with van der Waals surface area (Å²) in [6.07, 6.45) is 4.50. The number of aromatic nitrogens is 2. The van der Waals surface area contributed by atoms with Crippen LogP contribution in [0.2, 0.25) is 0 Å². The van der Waals surface area contributed by atoms with Crippen molar-refractivity contribution in [2.45, 2.75) is 26.8 Å². The Morgan fingerprint density at radius 2 is 1.85 bits per heavy atom. The maximum absolute atomic E-state index is 12.4. The van der Waals surface area contributed by atoms with Crippen molar-refractivity contribution in [1.82, 2.24) is 19.6 Å². The van der Waals surface area contributed by atoms with Gasteiger partial charge in [0.15, 0.2) is 0 Å². The number of para-hydroxylation sites is 1. The molecule has 0 spiro atoms. The van der Waals surface area contributed by atoms with Gasteiger partial charge in [-0.25, -0.2) is 0 Å². The second-order valence-corrected chi connectivity index (χ2v) is 6.93. The number of carbonyl (C=O) groups excluding carboxylic acids is 2. The molecule has 0 saturated carbocycles. The van der Waals surface area contributed by atoms with E-state index in [2.05, 4.69) is 22.2 Å². The van der Waals surface area contributed by atoms with Gasteiger partial charge in [-0.05, 0) is 30.5 Å². The second kappa shape index (κ2) is 8.81. The van der Waals surface area contributed by atoms with Crippen LogP contribution >= 0.6 is 0 Å². The summed E-state index contributed by atoms with van der Waals surface area (Å²) in [5.41, 5.74) is 3.06. The molecule has 2 aromatic rings. The second-order valence-electron chi connectivity index (χ2n) is 6.93. The smallest absolute Gasteiger partial charge is 0.244 e. The lowest BCUT2D eigenvalue weighted by Gasteiger charge is -2.34. The first-order valence-electron chi connectivity index (χ1n) is 9.42. The van der Waals surface area contributed by atoms with Crippen LogP contribution in [0, 0.1) is 6.92 Å². The third-order valence-corrected chi connectivity index (χ3v) is 4.82. The van der Waals surface area contributed by atoms with Gasteiger partial charge < -0.3 is 10.2 Å². The standard InChI is InChI=1S/C20H27N5O2/c1-3-17-6-4-5-7-18(17)22-19(26)14-23-8-10-24(11-9-23)20(27)15-25-13-16(2)12-21-25/h4-7,12-13H,3,8-11,14-15H2,1-2H3,(H,22,26). The van der Waals surface area contributed by atoms with E-state index in [0.717, 1.165) is 23.2 Å². The van der Waals surface area contributed by atoms with Crippen LogP contribution < -0.4 is 5.32 Å². The number of hydrogen-bond donors (Lipinski definition) is 1. The van der Waals surface area contributed by atoms with E-state index in [0.29, 0.717) is 32.7 Å². The average Bonchev–Trinajstić information content (AvgIpc) is 3.07. The third kappa shape index (κ3) is 5.17. The molecule has 0 radical (unpaired) electrons. The molecule has 1 N–H and O–H groups in total. The molecule has 1 aromatic carbocycles. The molecule has 27 heavy (non-hydrogen) atoms. The van der Waals surface area contributed by atoms with Crippen molar-refractivity contribution in [3.8, 4) is 0 Å². The van der Waals surface area contributed by atoms with Gasteiger partial charge in [-0.2, -0.15) is 5.10 Å². The van der Waals surface area contributed by atoms with Gasteiger partial charge in [0.1, 0.15) is 6.54 Å².